The van der Waals surface area contributed by atoms with E-state index < -0.39 is 0 Å². The number of hydrogen-bond donors (Lipinski definition) is 0. The standard InChI is InChI=1S/C20H19N5S2/c1-14-8-9-18(15(2)10-14)25-20(22-23-24-25)27-13-17-12-26-19(21-17)11-16-6-4-3-5-7-16/h3-10,12H,11,13H2,1-2H3. The van der Waals surface area contributed by atoms with Crippen LogP contribution in [0, 0.1) is 13.8 Å². The molecule has 4 rings (SSSR count). The van der Waals surface area contributed by atoms with Crippen molar-refractivity contribution >= 4 is 23.1 Å². The Labute approximate surface area is 166 Å². The number of tetrazole rings is 1. The highest BCUT2D eigenvalue weighted by molar-refractivity contribution is 7.98. The molecular formula is C20H19N5S2. The van der Waals surface area contributed by atoms with Gasteiger partial charge in [-0.05, 0) is 41.5 Å². The SMILES string of the molecule is Cc1ccc(-n2nnnc2SCc2csc(Cc3ccccc3)n2)c(C)c1. The molecule has 2 heterocycles. The van der Waals surface area contributed by atoms with Crippen molar-refractivity contribution in [2.75, 3.05) is 0 Å². The second kappa shape index (κ2) is 8.02. The van der Waals surface area contributed by atoms with Crippen molar-refractivity contribution in [1.29, 1.82) is 0 Å². The predicted octanol–water partition coefficient (Wildman–Crippen LogP) is 4.62. The molecule has 0 spiro atoms. The van der Waals surface area contributed by atoms with E-state index in [9.17, 15) is 0 Å². The van der Waals surface area contributed by atoms with Gasteiger partial charge in [0.2, 0.25) is 5.16 Å². The zero-order chi connectivity index (χ0) is 18.6. The minimum atomic E-state index is 0.747. The molecule has 136 valence electrons. The fourth-order valence-corrected chi connectivity index (χ4v) is 4.58. The van der Waals surface area contributed by atoms with Crippen LogP contribution in [0.4, 0.5) is 0 Å². The summed E-state index contributed by atoms with van der Waals surface area (Å²) >= 11 is 3.31. The van der Waals surface area contributed by atoms with Gasteiger partial charge in [0.15, 0.2) is 0 Å². The van der Waals surface area contributed by atoms with Crippen LogP contribution < -0.4 is 0 Å². The molecule has 2 aromatic heterocycles. The molecule has 0 aliphatic heterocycles. The van der Waals surface area contributed by atoms with Gasteiger partial charge in [0.05, 0.1) is 16.4 Å². The molecule has 0 unspecified atom stereocenters. The molecule has 0 saturated heterocycles. The van der Waals surface area contributed by atoms with Crippen molar-refractivity contribution in [3.63, 3.8) is 0 Å². The summed E-state index contributed by atoms with van der Waals surface area (Å²) in [5, 5.41) is 16.2. The zero-order valence-electron chi connectivity index (χ0n) is 15.2. The predicted molar refractivity (Wildman–Crippen MR) is 110 cm³/mol. The average Bonchev–Trinajstić information content (AvgIpc) is 3.30. The first-order chi connectivity index (χ1) is 13.2. The summed E-state index contributed by atoms with van der Waals surface area (Å²) in [5.41, 5.74) is 5.74. The molecule has 0 saturated carbocycles. The first kappa shape index (κ1) is 17.9. The van der Waals surface area contributed by atoms with Gasteiger partial charge >= 0.3 is 0 Å². The molecular weight excluding hydrogens is 374 g/mol. The van der Waals surface area contributed by atoms with E-state index in [1.54, 1.807) is 27.8 Å². The molecule has 0 radical (unpaired) electrons. The van der Waals surface area contributed by atoms with E-state index in [0.717, 1.165) is 39.3 Å². The molecule has 27 heavy (non-hydrogen) atoms. The zero-order valence-corrected chi connectivity index (χ0v) is 16.8. The highest BCUT2D eigenvalue weighted by Crippen LogP contribution is 2.25. The smallest absolute Gasteiger partial charge is 0.214 e. The van der Waals surface area contributed by atoms with Crippen LogP contribution in [0.5, 0.6) is 0 Å². The molecule has 0 atom stereocenters. The molecule has 7 heteroatoms. The van der Waals surface area contributed by atoms with Crippen LogP contribution in [0.1, 0.15) is 27.4 Å². The number of nitrogens with zero attached hydrogens (tertiary/aromatic N) is 5. The van der Waals surface area contributed by atoms with Gasteiger partial charge in [-0.1, -0.05) is 59.8 Å². The molecule has 0 fully saturated rings. The molecule has 0 bridgehead atoms. The van der Waals surface area contributed by atoms with E-state index in [0.29, 0.717) is 0 Å². The van der Waals surface area contributed by atoms with E-state index in [-0.39, 0.29) is 0 Å². The van der Waals surface area contributed by atoms with Crippen LogP contribution >= 0.6 is 23.1 Å². The van der Waals surface area contributed by atoms with Crippen LogP contribution in [-0.2, 0) is 12.2 Å². The molecule has 5 nitrogen and oxygen atoms in total. The third kappa shape index (κ3) is 4.26. The summed E-state index contributed by atoms with van der Waals surface area (Å²) < 4.78 is 1.80. The van der Waals surface area contributed by atoms with Gasteiger partial charge in [0.1, 0.15) is 0 Å². The molecule has 0 amide bonds. The fourth-order valence-electron chi connectivity index (χ4n) is 2.87. The Morgan fingerprint density at radius 1 is 1.07 bits per heavy atom. The third-order valence-electron chi connectivity index (χ3n) is 4.17. The van der Waals surface area contributed by atoms with E-state index in [1.807, 2.05) is 6.07 Å². The van der Waals surface area contributed by atoms with Crippen LogP contribution in [0.2, 0.25) is 0 Å². The van der Waals surface area contributed by atoms with E-state index in [1.165, 1.54) is 11.1 Å². The summed E-state index contributed by atoms with van der Waals surface area (Å²) in [6, 6.07) is 16.7. The van der Waals surface area contributed by atoms with E-state index >= 15 is 0 Å². The Balaban J connectivity index is 1.45. The third-order valence-corrected chi connectivity index (χ3v) is 6.02. The van der Waals surface area contributed by atoms with Gasteiger partial charge in [-0.25, -0.2) is 4.98 Å². The maximum atomic E-state index is 4.76. The van der Waals surface area contributed by atoms with Crippen molar-refractivity contribution < 1.29 is 0 Å². The Morgan fingerprint density at radius 2 is 1.93 bits per heavy atom. The van der Waals surface area contributed by atoms with Gasteiger partial charge in [0.25, 0.3) is 0 Å². The van der Waals surface area contributed by atoms with Gasteiger partial charge in [-0.2, -0.15) is 4.68 Å². The summed E-state index contributed by atoms with van der Waals surface area (Å²) in [7, 11) is 0. The largest absolute Gasteiger partial charge is 0.245 e. The Bertz CT molecular complexity index is 1040. The number of aryl methyl sites for hydroxylation is 2. The maximum absolute atomic E-state index is 4.76. The lowest BCUT2D eigenvalue weighted by molar-refractivity contribution is 0.751. The summed E-state index contributed by atoms with van der Waals surface area (Å²) in [6.45, 7) is 4.16. The lowest BCUT2D eigenvalue weighted by Gasteiger charge is -2.07. The van der Waals surface area contributed by atoms with Crippen molar-refractivity contribution in [1.82, 2.24) is 25.2 Å². The van der Waals surface area contributed by atoms with E-state index in [4.69, 9.17) is 4.98 Å². The second-order valence-electron chi connectivity index (χ2n) is 6.35. The van der Waals surface area contributed by atoms with Gasteiger partial charge in [-0.3, -0.25) is 0 Å². The fraction of sp³-hybridized carbons (Fsp3) is 0.200. The summed E-state index contributed by atoms with van der Waals surface area (Å²) in [4.78, 5) is 4.76. The second-order valence-corrected chi connectivity index (χ2v) is 8.23. The Morgan fingerprint density at radius 3 is 2.74 bits per heavy atom. The normalized spacial score (nSPS) is 11.0. The van der Waals surface area contributed by atoms with Crippen molar-refractivity contribution in [3.05, 3.63) is 81.3 Å². The Hall–Kier alpha value is -2.51. The topological polar surface area (TPSA) is 56.5 Å². The van der Waals surface area contributed by atoms with Crippen LogP contribution in [-0.4, -0.2) is 25.2 Å². The van der Waals surface area contributed by atoms with Crippen molar-refractivity contribution in [2.45, 2.75) is 31.2 Å². The number of rotatable bonds is 6. The number of thioether (sulfide) groups is 1. The van der Waals surface area contributed by atoms with Crippen molar-refractivity contribution in [3.8, 4) is 5.69 Å². The van der Waals surface area contributed by atoms with E-state index in [2.05, 4.69) is 77.2 Å². The number of aromatic nitrogens is 5. The summed E-state index contributed by atoms with van der Waals surface area (Å²) in [6.07, 6.45) is 0.872. The maximum Gasteiger partial charge on any atom is 0.214 e. The van der Waals surface area contributed by atoms with Crippen LogP contribution in [0.3, 0.4) is 0 Å². The highest BCUT2D eigenvalue weighted by Gasteiger charge is 2.12. The number of benzene rings is 2. The molecule has 0 aliphatic carbocycles. The molecule has 4 aromatic rings. The van der Waals surface area contributed by atoms with Gasteiger partial charge in [0, 0.05) is 17.6 Å². The summed E-state index contributed by atoms with van der Waals surface area (Å²) in [5.74, 6) is 0.747. The monoisotopic (exact) mass is 393 g/mol. The molecule has 2 aromatic carbocycles. The first-order valence-electron chi connectivity index (χ1n) is 8.65. The first-order valence-corrected chi connectivity index (χ1v) is 10.5. The van der Waals surface area contributed by atoms with Gasteiger partial charge < -0.3 is 0 Å². The van der Waals surface area contributed by atoms with Crippen LogP contribution in [0.15, 0.2) is 59.1 Å². The lowest BCUT2D eigenvalue weighted by atomic mass is 10.1. The lowest BCUT2D eigenvalue weighted by Crippen LogP contribution is -2.02. The average molecular weight is 394 g/mol. The number of hydrogen-bond acceptors (Lipinski definition) is 6. The highest BCUT2D eigenvalue weighted by atomic mass is 32.2. The number of thiazole rings is 1. The Kier molecular flexibility index (Phi) is 5.31. The quantitative estimate of drug-likeness (QED) is 0.448. The van der Waals surface area contributed by atoms with Crippen molar-refractivity contribution in [2.24, 2.45) is 0 Å². The minimum Gasteiger partial charge on any atom is -0.245 e. The molecule has 0 N–H and O–H groups in total. The molecule has 0 aliphatic rings. The minimum absolute atomic E-state index is 0.747. The van der Waals surface area contributed by atoms with Crippen LogP contribution in [0.25, 0.3) is 5.69 Å². The van der Waals surface area contributed by atoms with Gasteiger partial charge in [-0.15, -0.1) is 16.4 Å².